The van der Waals surface area contributed by atoms with Gasteiger partial charge in [0, 0.05) is 0 Å². The molecule has 0 bridgehead atoms. The van der Waals surface area contributed by atoms with Crippen molar-refractivity contribution >= 4 is 5.97 Å². The van der Waals surface area contributed by atoms with Gasteiger partial charge in [0.2, 0.25) is 5.76 Å². The summed E-state index contributed by atoms with van der Waals surface area (Å²) >= 11 is 0. The summed E-state index contributed by atoms with van der Waals surface area (Å²) in [7, 11) is 0. The first-order chi connectivity index (χ1) is 9.60. The number of hydrogen-bond acceptors (Lipinski definition) is 4. The molecule has 0 saturated carbocycles. The van der Waals surface area contributed by atoms with Gasteiger partial charge in [0.25, 0.3) is 0 Å². The number of rotatable bonds is 5. The minimum Gasteiger partial charge on any atom is -0.483 e. The highest BCUT2D eigenvalue weighted by atomic mass is 16.5. The van der Waals surface area contributed by atoms with E-state index in [4.69, 9.17) is 19.5 Å². The fourth-order valence-corrected chi connectivity index (χ4v) is 1.73. The predicted octanol–water partition coefficient (Wildman–Crippen LogP) is 3.18. The van der Waals surface area contributed by atoms with Crippen molar-refractivity contribution in [3.05, 3.63) is 53.5 Å². The molecule has 0 aliphatic rings. The van der Waals surface area contributed by atoms with Gasteiger partial charge >= 0.3 is 5.97 Å². The summed E-state index contributed by atoms with van der Waals surface area (Å²) < 4.78 is 10.8. The second-order valence-electron chi connectivity index (χ2n) is 4.25. The van der Waals surface area contributed by atoms with Crippen molar-refractivity contribution in [3.63, 3.8) is 0 Å². The summed E-state index contributed by atoms with van der Waals surface area (Å²) in [5, 5.41) is 17.4. The normalized spacial score (nSPS) is 11.6. The van der Waals surface area contributed by atoms with Crippen LogP contribution in [0.15, 0.2) is 40.8 Å². The molecule has 5 nitrogen and oxygen atoms in total. The Morgan fingerprint density at radius 3 is 2.60 bits per heavy atom. The number of carboxylic acids is 1. The van der Waals surface area contributed by atoms with E-state index in [-0.39, 0.29) is 5.76 Å². The summed E-state index contributed by atoms with van der Waals surface area (Å²) in [5.41, 5.74) is 0.915. The van der Waals surface area contributed by atoms with Gasteiger partial charge in [-0.05, 0) is 36.8 Å². The van der Waals surface area contributed by atoms with E-state index in [1.165, 1.54) is 6.07 Å². The molecule has 1 atom stereocenters. The standard InChI is InChI=1S/C15H13NO4/c1-10(13-6-7-14(20-13)15(17)18)19-12-4-2-11(3-5-12)8-9-16/h2-7,10H,8H2,1H3,(H,17,18). The van der Waals surface area contributed by atoms with Gasteiger partial charge in [-0.2, -0.15) is 5.26 Å². The maximum Gasteiger partial charge on any atom is 0.371 e. The van der Waals surface area contributed by atoms with Gasteiger partial charge in [0.15, 0.2) is 6.10 Å². The molecule has 2 aromatic rings. The van der Waals surface area contributed by atoms with Gasteiger partial charge in [0.05, 0.1) is 12.5 Å². The lowest BCUT2D eigenvalue weighted by Crippen LogP contribution is -2.02. The smallest absolute Gasteiger partial charge is 0.371 e. The Kier molecular flexibility index (Phi) is 4.06. The third kappa shape index (κ3) is 3.18. The highest BCUT2D eigenvalue weighted by Gasteiger charge is 2.15. The Hall–Kier alpha value is -2.74. The van der Waals surface area contributed by atoms with Gasteiger partial charge in [-0.3, -0.25) is 0 Å². The maximum absolute atomic E-state index is 10.7. The molecule has 1 aromatic heterocycles. The maximum atomic E-state index is 10.7. The van der Waals surface area contributed by atoms with Crippen molar-refractivity contribution in [2.45, 2.75) is 19.4 Å². The minimum absolute atomic E-state index is 0.111. The molecular weight excluding hydrogens is 258 g/mol. The Bertz CT molecular complexity index is 637. The second-order valence-corrected chi connectivity index (χ2v) is 4.25. The minimum atomic E-state index is -1.11. The van der Waals surface area contributed by atoms with Gasteiger partial charge in [-0.1, -0.05) is 12.1 Å². The van der Waals surface area contributed by atoms with Crippen molar-refractivity contribution in [3.8, 4) is 11.8 Å². The van der Waals surface area contributed by atoms with E-state index in [1.807, 2.05) is 12.1 Å². The third-order valence-electron chi connectivity index (χ3n) is 2.76. The number of aromatic carboxylic acids is 1. The van der Waals surface area contributed by atoms with Gasteiger partial charge in [0.1, 0.15) is 11.5 Å². The van der Waals surface area contributed by atoms with Crippen molar-refractivity contribution in [2.75, 3.05) is 0 Å². The van der Waals surface area contributed by atoms with Gasteiger partial charge in [-0.15, -0.1) is 0 Å². The van der Waals surface area contributed by atoms with E-state index in [0.29, 0.717) is 17.9 Å². The summed E-state index contributed by atoms with van der Waals surface area (Å²) in [6, 6.07) is 12.2. The van der Waals surface area contributed by atoms with Crippen LogP contribution >= 0.6 is 0 Å². The zero-order chi connectivity index (χ0) is 14.5. The first-order valence-corrected chi connectivity index (χ1v) is 6.05. The molecule has 5 heteroatoms. The molecule has 20 heavy (non-hydrogen) atoms. The molecule has 0 aliphatic carbocycles. The number of benzene rings is 1. The molecule has 0 amide bonds. The average Bonchev–Trinajstić information content (AvgIpc) is 2.91. The average molecular weight is 271 g/mol. The number of carbonyl (C=O) groups is 1. The Labute approximate surface area is 116 Å². The van der Waals surface area contributed by atoms with Crippen molar-refractivity contribution < 1.29 is 19.1 Å². The molecule has 102 valence electrons. The molecule has 0 fully saturated rings. The highest BCUT2D eigenvalue weighted by Crippen LogP contribution is 2.23. The van der Waals surface area contributed by atoms with E-state index in [0.717, 1.165) is 5.56 Å². The van der Waals surface area contributed by atoms with Crippen LogP contribution in [-0.4, -0.2) is 11.1 Å². The zero-order valence-electron chi connectivity index (χ0n) is 10.9. The van der Waals surface area contributed by atoms with Crippen LogP contribution in [0.3, 0.4) is 0 Å². The van der Waals surface area contributed by atoms with Crippen molar-refractivity contribution in [1.29, 1.82) is 5.26 Å². The molecule has 0 radical (unpaired) electrons. The van der Waals surface area contributed by atoms with Gasteiger partial charge in [-0.25, -0.2) is 4.79 Å². The fraction of sp³-hybridized carbons (Fsp3) is 0.200. The fourth-order valence-electron chi connectivity index (χ4n) is 1.73. The number of furan rings is 1. The summed E-state index contributed by atoms with van der Waals surface area (Å²) in [6.07, 6.45) is -0.0411. The first-order valence-electron chi connectivity index (χ1n) is 6.05. The van der Waals surface area contributed by atoms with Crippen LogP contribution in [-0.2, 0) is 6.42 Å². The van der Waals surface area contributed by atoms with E-state index in [1.54, 1.807) is 25.1 Å². The molecule has 0 spiro atoms. The summed E-state index contributed by atoms with van der Waals surface area (Å²) in [5.74, 6) is -0.139. The highest BCUT2D eigenvalue weighted by molar-refractivity contribution is 5.84. The molecule has 0 saturated heterocycles. The zero-order valence-corrected chi connectivity index (χ0v) is 10.9. The lowest BCUT2D eigenvalue weighted by Gasteiger charge is -2.12. The Morgan fingerprint density at radius 1 is 1.35 bits per heavy atom. The molecule has 1 N–H and O–H groups in total. The van der Waals surface area contributed by atoms with Crippen molar-refractivity contribution in [2.24, 2.45) is 0 Å². The first kappa shape index (κ1) is 13.7. The van der Waals surface area contributed by atoms with E-state index in [2.05, 4.69) is 6.07 Å². The largest absolute Gasteiger partial charge is 0.483 e. The number of carboxylic acid groups (broad SMARTS) is 1. The van der Waals surface area contributed by atoms with Crippen LogP contribution in [0, 0.1) is 11.3 Å². The number of ether oxygens (including phenoxy) is 1. The van der Waals surface area contributed by atoms with Crippen LogP contribution in [0.25, 0.3) is 0 Å². The molecule has 1 aromatic carbocycles. The monoisotopic (exact) mass is 271 g/mol. The lowest BCUT2D eigenvalue weighted by atomic mass is 10.1. The van der Waals surface area contributed by atoms with E-state index >= 15 is 0 Å². The van der Waals surface area contributed by atoms with E-state index < -0.39 is 12.1 Å². The van der Waals surface area contributed by atoms with Crippen molar-refractivity contribution in [1.82, 2.24) is 0 Å². The second kappa shape index (κ2) is 5.93. The predicted molar refractivity (Wildman–Crippen MR) is 70.5 cm³/mol. The van der Waals surface area contributed by atoms with E-state index in [9.17, 15) is 4.79 Å². The number of nitriles is 1. The van der Waals surface area contributed by atoms with Crippen LogP contribution in [0.5, 0.6) is 5.75 Å². The topological polar surface area (TPSA) is 83.5 Å². The molecule has 0 aliphatic heterocycles. The summed E-state index contributed by atoms with van der Waals surface area (Å²) in [4.78, 5) is 10.7. The number of nitrogens with zero attached hydrogens (tertiary/aromatic N) is 1. The van der Waals surface area contributed by atoms with Crippen LogP contribution in [0.4, 0.5) is 0 Å². The lowest BCUT2D eigenvalue weighted by molar-refractivity contribution is 0.0655. The Balaban J connectivity index is 2.04. The summed E-state index contributed by atoms with van der Waals surface area (Å²) in [6.45, 7) is 1.77. The third-order valence-corrected chi connectivity index (χ3v) is 2.76. The quantitative estimate of drug-likeness (QED) is 0.902. The molecule has 1 unspecified atom stereocenters. The number of hydrogen-bond donors (Lipinski definition) is 1. The molecule has 2 rings (SSSR count). The van der Waals surface area contributed by atoms with Gasteiger partial charge < -0.3 is 14.3 Å². The van der Waals surface area contributed by atoms with Crippen LogP contribution < -0.4 is 4.74 Å². The van der Waals surface area contributed by atoms with Crippen LogP contribution in [0.2, 0.25) is 0 Å². The SMILES string of the molecule is CC(Oc1ccc(CC#N)cc1)c1ccc(C(=O)O)o1. The molecular formula is C15H13NO4. The molecule has 1 heterocycles. The Morgan fingerprint density at radius 2 is 2.05 bits per heavy atom. The van der Waals surface area contributed by atoms with Crippen LogP contribution in [0.1, 0.15) is 34.9 Å².